The third-order valence-corrected chi connectivity index (χ3v) is 7.84. The molecule has 0 heterocycles. The number of rotatable bonds is 6. The van der Waals surface area contributed by atoms with E-state index in [0.717, 1.165) is 22.3 Å². The van der Waals surface area contributed by atoms with Crippen LogP contribution >= 0.6 is 8.60 Å². The molecule has 0 aliphatic heterocycles. The smallest absolute Gasteiger partial charge is 0.324 e. The first-order valence-electron chi connectivity index (χ1n) is 14.1. The first-order valence-corrected chi connectivity index (χ1v) is 15.3. The Bertz CT molecular complexity index is 1060. The summed E-state index contributed by atoms with van der Waals surface area (Å²) in [6.45, 7) is 23.5. The maximum Gasteiger partial charge on any atom is 0.324 e. The van der Waals surface area contributed by atoms with Crippen LogP contribution < -0.4 is 0 Å². The van der Waals surface area contributed by atoms with Crippen molar-refractivity contribution in [3.05, 3.63) is 69.8 Å². The molecule has 7 nitrogen and oxygen atoms in total. The Morgan fingerprint density at radius 3 is 0.951 bits per heavy atom. The van der Waals surface area contributed by atoms with Crippen LogP contribution in [0.1, 0.15) is 116 Å². The number of hydrogen-bond donors (Lipinski definition) is 7. The van der Waals surface area contributed by atoms with E-state index in [4.69, 9.17) is 14.7 Å². The predicted molar refractivity (Wildman–Crippen MR) is 168 cm³/mol. The minimum absolute atomic E-state index is 0.202. The Morgan fingerprint density at radius 1 is 0.488 bits per heavy atom. The van der Waals surface area contributed by atoms with Crippen LogP contribution in [0.25, 0.3) is 0 Å². The third-order valence-electron chi connectivity index (χ3n) is 7.84. The quantitative estimate of drug-likeness (QED) is 0.226. The molecule has 41 heavy (non-hydrogen) atoms. The van der Waals surface area contributed by atoms with Crippen molar-refractivity contribution in [1.29, 1.82) is 0 Å². The Labute approximate surface area is 248 Å². The number of hydrogen-bond acceptors (Lipinski definition) is 7. The van der Waals surface area contributed by atoms with Crippen molar-refractivity contribution >= 4 is 8.60 Å². The maximum absolute atomic E-state index is 13.3. The molecule has 2 aromatic rings. The van der Waals surface area contributed by atoms with Crippen LogP contribution in [-0.2, 0) is 27.3 Å². The van der Waals surface area contributed by atoms with Crippen LogP contribution in [0.3, 0.4) is 0 Å². The second-order valence-electron chi connectivity index (χ2n) is 15.3. The summed E-state index contributed by atoms with van der Waals surface area (Å²) in [5.41, 5.74) is 0.458. The summed E-state index contributed by atoms with van der Waals surface area (Å²) in [5, 5.41) is 45.7. The van der Waals surface area contributed by atoms with Gasteiger partial charge >= 0.3 is 8.60 Å². The predicted octanol–water partition coefficient (Wildman–Crippen LogP) is 5.27. The lowest BCUT2D eigenvalue weighted by molar-refractivity contribution is -0.137. The van der Waals surface area contributed by atoms with Crippen molar-refractivity contribution < 1.29 is 35.1 Å². The van der Waals surface area contributed by atoms with Gasteiger partial charge in [0.05, 0.1) is 25.2 Å². The van der Waals surface area contributed by atoms with Gasteiger partial charge in [0.2, 0.25) is 0 Å². The molecule has 0 bridgehead atoms. The minimum Gasteiger partial charge on any atom is -0.395 e. The number of aliphatic hydroxyl groups excluding tert-OH is 3. The third kappa shape index (κ3) is 8.36. The summed E-state index contributed by atoms with van der Waals surface area (Å²) in [4.78, 5) is 21.7. The van der Waals surface area contributed by atoms with Gasteiger partial charge in [0.15, 0.2) is 0 Å². The van der Waals surface area contributed by atoms with Crippen molar-refractivity contribution in [2.24, 2.45) is 5.41 Å². The molecule has 0 aliphatic carbocycles. The van der Waals surface area contributed by atoms with Crippen LogP contribution in [0.15, 0.2) is 36.4 Å². The number of benzene rings is 2. The molecule has 0 spiro atoms. The van der Waals surface area contributed by atoms with Crippen LogP contribution in [0.2, 0.25) is 0 Å². The van der Waals surface area contributed by atoms with Crippen molar-refractivity contribution in [3.8, 4) is 0 Å². The van der Waals surface area contributed by atoms with Crippen LogP contribution in [-0.4, -0.2) is 54.9 Å². The molecule has 0 saturated heterocycles. The summed E-state index contributed by atoms with van der Waals surface area (Å²) in [6.07, 6.45) is 0. The highest BCUT2D eigenvalue weighted by Crippen LogP contribution is 2.52. The zero-order chi connectivity index (χ0) is 32.4. The fourth-order valence-electron chi connectivity index (χ4n) is 5.14. The van der Waals surface area contributed by atoms with E-state index in [1.807, 2.05) is 12.1 Å². The zero-order valence-corrected chi connectivity index (χ0v) is 28.1. The van der Waals surface area contributed by atoms with Gasteiger partial charge in [-0.05, 0) is 55.0 Å². The zero-order valence-electron chi connectivity index (χ0n) is 27.2. The average Bonchev–Trinajstić information content (AvgIpc) is 2.82. The monoisotopic (exact) mass is 594 g/mol. The maximum atomic E-state index is 13.3. The van der Waals surface area contributed by atoms with E-state index in [2.05, 4.69) is 107 Å². The molecule has 0 fully saturated rings. The fraction of sp³-hybridized carbons (Fsp3) is 0.636. The molecule has 2 rings (SSSR count). The van der Waals surface area contributed by atoms with Crippen molar-refractivity contribution in [2.75, 3.05) is 19.8 Å². The highest BCUT2D eigenvalue weighted by molar-refractivity contribution is 7.38. The first kappa shape index (κ1) is 37.6. The molecule has 2 aromatic carbocycles. The second-order valence-corrected chi connectivity index (χ2v) is 15.8. The SMILES string of the molecule is CC(C)(C)c1ccc(C(C)(C)C)c(C(O)(c2cc(C(C)(C)C)ccc2C(C)(C)C)C(CO)(CO)CO)c1.OP(O)O. The Morgan fingerprint density at radius 2 is 0.756 bits per heavy atom. The molecular formula is C33H55O7P. The van der Waals surface area contributed by atoms with Crippen LogP contribution in [0.5, 0.6) is 0 Å². The summed E-state index contributed by atoms with van der Waals surface area (Å²) in [6, 6.07) is 12.3. The van der Waals surface area contributed by atoms with Gasteiger partial charge in [-0.3, -0.25) is 0 Å². The lowest BCUT2D eigenvalue weighted by atomic mass is 9.60. The largest absolute Gasteiger partial charge is 0.395 e. The molecule has 234 valence electrons. The van der Waals surface area contributed by atoms with E-state index >= 15 is 0 Å². The first-order chi connectivity index (χ1) is 18.3. The van der Waals surface area contributed by atoms with E-state index < -0.39 is 39.4 Å². The molecule has 0 aliphatic rings. The molecule has 0 atom stereocenters. The van der Waals surface area contributed by atoms with Crippen LogP contribution in [0.4, 0.5) is 0 Å². The van der Waals surface area contributed by atoms with Crippen molar-refractivity contribution in [2.45, 2.75) is 110 Å². The lowest BCUT2D eigenvalue weighted by Gasteiger charge is -2.49. The summed E-state index contributed by atoms with van der Waals surface area (Å²) in [7, 11) is -2.62. The van der Waals surface area contributed by atoms with Crippen molar-refractivity contribution in [3.63, 3.8) is 0 Å². The van der Waals surface area contributed by atoms with E-state index in [1.165, 1.54) is 0 Å². The molecule has 0 saturated carbocycles. The highest BCUT2D eigenvalue weighted by Gasteiger charge is 2.55. The molecular weight excluding hydrogens is 539 g/mol. The van der Waals surface area contributed by atoms with E-state index in [-0.39, 0.29) is 21.7 Å². The summed E-state index contributed by atoms with van der Waals surface area (Å²) in [5.74, 6) is 0. The van der Waals surface area contributed by atoms with Crippen molar-refractivity contribution in [1.82, 2.24) is 0 Å². The van der Waals surface area contributed by atoms with Gasteiger partial charge < -0.3 is 35.1 Å². The lowest BCUT2D eigenvalue weighted by Crippen LogP contribution is -2.55. The second kappa shape index (κ2) is 13.1. The number of aliphatic hydroxyl groups is 4. The van der Waals surface area contributed by atoms with Gasteiger partial charge in [0.25, 0.3) is 0 Å². The van der Waals surface area contributed by atoms with Gasteiger partial charge in [0.1, 0.15) is 5.60 Å². The molecule has 8 heteroatoms. The van der Waals surface area contributed by atoms with Gasteiger partial charge in [-0.15, -0.1) is 0 Å². The average molecular weight is 595 g/mol. The molecule has 0 unspecified atom stereocenters. The van der Waals surface area contributed by atoms with Gasteiger partial charge in [-0.1, -0.05) is 119 Å². The standard InChI is InChI=1S/C33H52O4.H3O3P/c1-28(2,3)22-13-15-24(30(7,8)9)26(17-22)33(37,32(19-34,20-35)21-36)27-18-23(29(4,5)6)14-16-25(27)31(10,11)12;1-4(2)3/h13-18,34-37H,19-21H2,1-12H3;1-3H. The van der Waals surface area contributed by atoms with Gasteiger partial charge in [-0.25, -0.2) is 0 Å². The Balaban J connectivity index is 0.00000196. The molecule has 0 aromatic heterocycles. The topological polar surface area (TPSA) is 142 Å². The van der Waals surface area contributed by atoms with Crippen LogP contribution in [0, 0.1) is 5.41 Å². The highest BCUT2D eigenvalue weighted by atomic mass is 31.2. The molecule has 7 N–H and O–H groups in total. The normalized spacial score (nSPS) is 13.8. The van der Waals surface area contributed by atoms with E-state index in [0.29, 0.717) is 11.1 Å². The van der Waals surface area contributed by atoms with Gasteiger partial charge in [-0.2, -0.15) is 0 Å². The molecule has 0 radical (unpaired) electrons. The van der Waals surface area contributed by atoms with E-state index in [9.17, 15) is 20.4 Å². The van der Waals surface area contributed by atoms with Gasteiger partial charge in [0, 0.05) is 0 Å². The minimum atomic E-state index is -2.62. The van der Waals surface area contributed by atoms with E-state index in [1.54, 1.807) is 0 Å². The Kier molecular flexibility index (Phi) is 12.0. The summed E-state index contributed by atoms with van der Waals surface area (Å²) < 4.78 is 0. The Hall–Kier alpha value is -1.41. The fourth-order valence-corrected chi connectivity index (χ4v) is 5.14. The molecule has 0 amide bonds. The summed E-state index contributed by atoms with van der Waals surface area (Å²) >= 11 is 0.